The van der Waals surface area contributed by atoms with Gasteiger partial charge in [0.1, 0.15) is 5.75 Å². The third kappa shape index (κ3) is 7.51. The predicted octanol–water partition coefficient (Wildman–Crippen LogP) is 0.201. The van der Waals surface area contributed by atoms with Gasteiger partial charge in [-0.15, -0.1) is 6.58 Å². The summed E-state index contributed by atoms with van der Waals surface area (Å²) in [5, 5.41) is 8.93. The van der Waals surface area contributed by atoms with Crippen LogP contribution in [0.3, 0.4) is 0 Å². The topological polar surface area (TPSA) is 74.6 Å². The number of allylic oxidation sites excluding steroid dienone is 1. The van der Waals surface area contributed by atoms with Gasteiger partial charge in [-0.05, 0) is 12.8 Å². The molecular weight excluding hydrogens is 168 g/mol. The van der Waals surface area contributed by atoms with E-state index in [1.54, 1.807) is 6.08 Å². The molecule has 1 atom stereocenters. The van der Waals surface area contributed by atoms with Crippen molar-refractivity contribution in [2.45, 2.75) is 18.9 Å². The Balaban J connectivity index is 3.69. The summed E-state index contributed by atoms with van der Waals surface area (Å²) in [7, 11) is -4.04. The summed E-state index contributed by atoms with van der Waals surface area (Å²) in [6.07, 6.45) is 1.43. The van der Waals surface area contributed by atoms with Gasteiger partial charge in [0.15, 0.2) is 0 Å². The SMILES string of the molecule is C=CCCC(O)CS(=O)(=O)O. The molecule has 2 N–H and O–H groups in total. The van der Waals surface area contributed by atoms with E-state index in [2.05, 4.69) is 6.58 Å². The van der Waals surface area contributed by atoms with Crippen molar-refractivity contribution in [2.75, 3.05) is 5.75 Å². The summed E-state index contributed by atoms with van der Waals surface area (Å²) in [6.45, 7) is 3.41. The van der Waals surface area contributed by atoms with E-state index in [9.17, 15) is 8.42 Å². The number of aliphatic hydroxyl groups is 1. The molecule has 0 spiro atoms. The minimum absolute atomic E-state index is 0.309. The zero-order valence-electron chi connectivity index (χ0n) is 6.10. The first-order valence-electron chi connectivity index (χ1n) is 3.20. The highest BCUT2D eigenvalue weighted by molar-refractivity contribution is 7.85. The van der Waals surface area contributed by atoms with E-state index in [4.69, 9.17) is 9.66 Å². The molecular formula is C6H12O4S. The fourth-order valence-corrected chi connectivity index (χ4v) is 1.29. The average Bonchev–Trinajstić information content (AvgIpc) is 1.79. The second kappa shape index (κ2) is 4.48. The third-order valence-corrected chi connectivity index (χ3v) is 1.91. The third-order valence-electron chi connectivity index (χ3n) is 1.11. The van der Waals surface area contributed by atoms with Crippen molar-refractivity contribution >= 4 is 10.1 Å². The van der Waals surface area contributed by atoms with Crippen LogP contribution in [-0.2, 0) is 10.1 Å². The lowest BCUT2D eigenvalue weighted by Crippen LogP contribution is -2.19. The lowest BCUT2D eigenvalue weighted by molar-refractivity contribution is 0.186. The van der Waals surface area contributed by atoms with E-state index in [1.165, 1.54) is 0 Å². The fraction of sp³-hybridized carbons (Fsp3) is 0.667. The van der Waals surface area contributed by atoms with E-state index in [-0.39, 0.29) is 0 Å². The van der Waals surface area contributed by atoms with Crippen LogP contribution in [0, 0.1) is 0 Å². The smallest absolute Gasteiger partial charge is 0.267 e. The lowest BCUT2D eigenvalue weighted by atomic mass is 10.2. The van der Waals surface area contributed by atoms with Gasteiger partial charge in [0.05, 0.1) is 6.10 Å². The monoisotopic (exact) mass is 180 g/mol. The highest BCUT2D eigenvalue weighted by Crippen LogP contribution is 1.99. The summed E-state index contributed by atoms with van der Waals surface area (Å²) < 4.78 is 28.6. The van der Waals surface area contributed by atoms with E-state index >= 15 is 0 Å². The first kappa shape index (κ1) is 10.6. The van der Waals surface area contributed by atoms with Gasteiger partial charge >= 0.3 is 0 Å². The van der Waals surface area contributed by atoms with Crippen LogP contribution >= 0.6 is 0 Å². The Labute approximate surface area is 66.3 Å². The van der Waals surface area contributed by atoms with Crippen molar-refractivity contribution in [3.63, 3.8) is 0 Å². The highest BCUT2D eigenvalue weighted by Gasteiger charge is 2.12. The largest absolute Gasteiger partial charge is 0.392 e. The van der Waals surface area contributed by atoms with Gasteiger partial charge in [-0.2, -0.15) is 8.42 Å². The van der Waals surface area contributed by atoms with Crippen molar-refractivity contribution in [1.29, 1.82) is 0 Å². The molecule has 4 nitrogen and oxygen atoms in total. The summed E-state index contributed by atoms with van der Waals surface area (Å²) in [5.74, 6) is -0.596. The molecule has 0 aliphatic rings. The maximum Gasteiger partial charge on any atom is 0.267 e. The maximum atomic E-state index is 10.2. The minimum Gasteiger partial charge on any atom is -0.392 e. The summed E-state index contributed by atoms with van der Waals surface area (Å²) in [4.78, 5) is 0. The molecule has 0 aromatic carbocycles. The van der Waals surface area contributed by atoms with Gasteiger partial charge in [0.25, 0.3) is 10.1 Å². The molecule has 0 aromatic rings. The van der Waals surface area contributed by atoms with Crippen LogP contribution in [0.15, 0.2) is 12.7 Å². The van der Waals surface area contributed by atoms with Crippen LogP contribution in [0.1, 0.15) is 12.8 Å². The van der Waals surface area contributed by atoms with E-state index in [0.29, 0.717) is 12.8 Å². The summed E-state index contributed by atoms with van der Waals surface area (Å²) >= 11 is 0. The molecule has 0 aromatic heterocycles. The van der Waals surface area contributed by atoms with Gasteiger partial charge in [0.2, 0.25) is 0 Å². The van der Waals surface area contributed by atoms with Crippen molar-refractivity contribution in [2.24, 2.45) is 0 Å². The molecule has 0 heterocycles. The molecule has 0 saturated heterocycles. The van der Waals surface area contributed by atoms with Crippen LogP contribution < -0.4 is 0 Å². The first-order valence-corrected chi connectivity index (χ1v) is 4.80. The van der Waals surface area contributed by atoms with E-state index < -0.39 is 22.0 Å². The molecule has 0 rings (SSSR count). The Kier molecular flexibility index (Phi) is 4.32. The molecule has 0 bridgehead atoms. The molecule has 11 heavy (non-hydrogen) atoms. The number of rotatable bonds is 5. The Morgan fingerprint density at radius 2 is 2.09 bits per heavy atom. The first-order chi connectivity index (χ1) is 4.95. The molecule has 5 heteroatoms. The molecule has 0 radical (unpaired) electrons. The quantitative estimate of drug-likeness (QED) is 0.468. The highest BCUT2D eigenvalue weighted by atomic mass is 32.2. The Morgan fingerprint density at radius 1 is 1.55 bits per heavy atom. The van der Waals surface area contributed by atoms with Crippen LogP contribution in [0.4, 0.5) is 0 Å². The van der Waals surface area contributed by atoms with Crippen molar-refractivity contribution in [3.05, 3.63) is 12.7 Å². The molecule has 0 saturated carbocycles. The number of hydrogen-bond donors (Lipinski definition) is 2. The van der Waals surface area contributed by atoms with Crippen molar-refractivity contribution < 1.29 is 18.1 Å². The Bertz CT molecular complexity index is 207. The molecule has 0 fully saturated rings. The zero-order valence-corrected chi connectivity index (χ0v) is 6.92. The van der Waals surface area contributed by atoms with Gasteiger partial charge < -0.3 is 5.11 Å². The van der Waals surface area contributed by atoms with Gasteiger partial charge in [-0.3, -0.25) is 4.55 Å². The second-order valence-electron chi connectivity index (χ2n) is 2.27. The predicted molar refractivity (Wildman–Crippen MR) is 41.9 cm³/mol. The van der Waals surface area contributed by atoms with Gasteiger partial charge in [0, 0.05) is 0 Å². The average molecular weight is 180 g/mol. The van der Waals surface area contributed by atoms with Crippen molar-refractivity contribution in [1.82, 2.24) is 0 Å². The van der Waals surface area contributed by atoms with Crippen LogP contribution in [0.5, 0.6) is 0 Å². The molecule has 0 aliphatic heterocycles. The lowest BCUT2D eigenvalue weighted by Gasteiger charge is -2.05. The standard InChI is InChI=1S/C6H12O4S/c1-2-3-4-6(7)5-11(8,9)10/h2,6-7H,1,3-5H2,(H,8,9,10). The second-order valence-corrected chi connectivity index (χ2v) is 3.77. The number of hydrogen-bond acceptors (Lipinski definition) is 3. The zero-order chi connectivity index (χ0) is 8.91. The molecule has 66 valence electrons. The maximum absolute atomic E-state index is 10.2. The Hall–Kier alpha value is -0.390. The Morgan fingerprint density at radius 3 is 2.45 bits per heavy atom. The number of aliphatic hydroxyl groups excluding tert-OH is 1. The van der Waals surface area contributed by atoms with E-state index in [1.807, 2.05) is 0 Å². The van der Waals surface area contributed by atoms with Crippen LogP contribution in [0.25, 0.3) is 0 Å². The molecule has 0 amide bonds. The van der Waals surface area contributed by atoms with Gasteiger partial charge in [-0.25, -0.2) is 0 Å². The normalized spacial score (nSPS) is 14.4. The van der Waals surface area contributed by atoms with Crippen LogP contribution in [0.2, 0.25) is 0 Å². The molecule has 1 unspecified atom stereocenters. The summed E-state index contributed by atoms with van der Waals surface area (Å²) in [5.41, 5.74) is 0. The van der Waals surface area contributed by atoms with Crippen LogP contribution in [-0.4, -0.2) is 29.9 Å². The molecule has 0 aliphatic carbocycles. The minimum atomic E-state index is -4.04. The summed E-state index contributed by atoms with van der Waals surface area (Å²) in [6, 6.07) is 0. The fourth-order valence-electron chi connectivity index (χ4n) is 0.637. The van der Waals surface area contributed by atoms with E-state index in [0.717, 1.165) is 0 Å². The van der Waals surface area contributed by atoms with Gasteiger partial charge in [-0.1, -0.05) is 6.08 Å². The van der Waals surface area contributed by atoms with Crippen molar-refractivity contribution in [3.8, 4) is 0 Å².